The Morgan fingerprint density at radius 2 is 1.40 bits per heavy atom. The number of imidazole rings is 1. The number of hydrogen-bond acceptors (Lipinski definition) is 2. The number of aromatic nitrogens is 2. The van der Waals surface area contributed by atoms with Gasteiger partial charge in [-0.3, -0.25) is 4.90 Å². The third-order valence-electron chi connectivity index (χ3n) is 6.07. The molecule has 30 heavy (non-hydrogen) atoms. The topological polar surface area (TPSA) is 21.1 Å². The van der Waals surface area contributed by atoms with Gasteiger partial charge in [0.1, 0.15) is 0 Å². The first-order chi connectivity index (χ1) is 14.9. The van der Waals surface area contributed by atoms with Crippen molar-refractivity contribution in [2.75, 3.05) is 6.54 Å². The van der Waals surface area contributed by atoms with Crippen LogP contribution in [0.4, 0.5) is 0 Å². The Balaban J connectivity index is 1.46. The number of hydrogen-bond donors (Lipinski definition) is 0. The van der Waals surface area contributed by atoms with Gasteiger partial charge in [-0.15, -0.1) is 0 Å². The molecular weight excluding hydrogens is 366 g/mol. The second-order valence-corrected chi connectivity index (χ2v) is 8.08. The molecule has 0 saturated carbocycles. The molecule has 0 radical (unpaired) electrons. The summed E-state index contributed by atoms with van der Waals surface area (Å²) in [4.78, 5) is 7.49. The van der Waals surface area contributed by atoms with Crippen molar-refractivity contribution in [1.82, 2.24) is 14.5 Å². The van der Waals surface area contributed by atoms with E-state index in [0.717, 1.165) is 18.8 Å². The summed E-state index contributed by atoms with van der Waals surface area (Å²) in [6.45, 7) is 3.16. The Labute approximate surface area is 178 Å². The normalized spacial score (nSPS) is 16.7. The Bertz CT molecular complexity index is 1070. The zero-order valence-corrected chi connectivity index (χ0v) is 17.2. The van der Waals surface area contributed by atoms with Crippen LogP contribution in [0.3, 0.4) is 0 Å². The van der Waals surface area contributed by atoms with Crippen LogP contribution < -0.4 is 0 Å². The molecule has 0 spiro atoms. The molecule has 2 heterocycles. The molecule has 1 atom stereocenters. The van der Waals surface area contributed by atoms with Crippen molar-refractivity contribution in [3.63, 3.8) is 0 Å². The Kier molecular flexibility index (Phi) is 5.45. The van der Waals surface area contributed by atoms with Gasteiger partial charge in [0.25, 0.3) is 0 Å². The van der Waals surface area contributed by atoms with Crippen molar-refractivity contribution in [3.8, 4) is 22.5 Å². The van der Waals surface area contributed by atoms with Crippen LogP contribution in [0.15, 0.2) is 97.3 Å². The Morgan fingerprint density at radius 3 is 2.10 bits per heavy atom. The first kappa shape index (κ1) is 18.8. The van der Waals surface area contributed by atoms with Gasteiger partial charge in [0.15, 0.2) is 0 Å². The molecule has 0 aliphatic carbocycles. The lowest BCUT2D eigenvalue weighted by molar-refractivity contribution is 0.225. The number of nitrogens with zero attached hydrogens (tertiary/aromatic N) is 3. The number of benzene rings is 3. The molecule has 150 valence electrons. The van der Waals surface area contributed by atoms with Gasteiger partial charge in [-0.2, -0.15) is 0 Å². The summed E-state index contributed by atoms with van der Waals surface area (Å²) in [7, 11) is 0. The highest BCUT2D eigenvalue weighted by Gasteiger charge is 2.26. The van der Waals surface area contributed by atoms with Crippen LogP contribution in [-0.2, 0) is 13.1 Å². The van der Waals surface area contributed by atoms with Gasteiger partial charge >= 0.3 is 0 Å². The molecule has 1 fully saturated rings. The molecule has 3 aromatic carbocycles. The predicted octanol–water partition coefficient (Wildman–Crippen LogP) is 5.88. The minimum Gasteiger partial charge on any atom is -0.328 e. The third-order valence-corrected chi connectivity index (χ3v) is 6.07. The highest BCUT2D eigenvalue weighted by Crippen LogP contribution is 2.32. The van der Waals surface area contributed by atoms with Crippen LogP contribution in [0.5, 0.6) is 0 Å². The van der Waals surface area contributed by atoms with E-state index in [-0.39, 0.29) is 0 Å². The fourth-order valence-electron chi connectivity index (χ4n) is 4.58. The maximum Gasteiger partial charge on any atom is 0.0963 e. The first-order valence-electron chi connectivity index (χ1n) is 10.8. The number of likely N-dealkylation sites (tertiary alicyclic amines) is 1. The molecule has 4 aromatic rings. The van der Waals surface area contributed by atoms with Crippen LogP contribution in [0.2, 0.25) is 0 Å². The Hall–Kier alpha value is -3.17. The standard InChI is InChI=1S/C27H27N3/c1-4-11-22(12-5-1)19-29-18-10-17-25(29)20-30-21-28-26(23-13-6-2-7-14-23)27(30)24-15-8-3-9-16-24/h1-9,11-16,21,25H,10,17-20H2/t25-/m0/s1. The summed E-state index contributed by atoms with van der Waals surface area (Å²) in [5.41, 5.74) is 6.06. The minimum atomic E-state index is 0.533. The van der Waals surface area contributed by atoms with Crippen LogP contribution in [0, 0.1) is 0 Å². The second kappa shape index (κ2) is 8.68. The summed E-state index contributed by atoms with van der Waals surface area (Å²) >= 11 is 0. The minimum absolute atomic E-state index is 0.533. The molecule has 1 aromatic heterocycles. The zero-order chi connectivity index (χ0) is 20.2. The molecule has 0 N–H and O–H groups in total. The van der Waals surface area contributed by atoms with Crippen LogP contribution in [-0.4, -0.2) is 27.0 Å². The van der Waals surface area contributed by atoms with Gasteiger partial charge in [-0.05, 0) is 24.9 Å². The molecule has 0 bridgehead atoms. The zero-order valence-electron chi connectivity index (χ0n) is 17.2. The van der Waals surface area contributed by atoms with Crippen LogP contribution in [0.25, 0.3) is 22.5 Å². The van der Waals surface area contributed by atoms with E-state index in [2.05, 4.69) is 100 Å². The quantitative estimate of drug-likeness (QED) is 0.408. The summed E-state index contributed by atoms with van der Waals surface area (Å²) in [5.74, 6) is 0. The van der Waals surface area contributed by atoms with E-state index < -0.39 is 0 Å². The van der Waals surface area contributed by atoms with Gasteiger partial charge in [-0.25, -0.2) is 4.98 Å². The van der Waals surface area contributed by atoms with E-state index in [1.807, 2.05) is 6.33 Å². The second-order valence-electron chi connectivity index (χ2n) is 8.08. The van der Waals surface area contributed by atoms with E-state index in [1.54, 1.807) is 0 Å². The summed E-state index contributed by atoms with van der Waals surface area (Å²) in [6, 6.07) is 32.6. The van der Waals surface area contributed by atoms with E-state index in [1.165, 1.54) is 41.8 Å². The summed E-state index contributed by atoms with van der Waals surface area (Å²) in [6.07, 6.45) is 4.53. The molecule has 0 unspecified atom stereocenters. The van der Waals surface area contributed by atoms with E-state index in [9.17, 15) is 0 Å². The van der Waals surface area contributed by atoms with Crippen molar-refractivity contribution < 1.29 is 0 Å². The van der Waals surface area contributed by atoms with Gasteiger partial charge in [0.05, 0.1) is 17.7 Å². The maximum atomic E-state index is 4.86. The molecule has 3 nitrogen and oxygen atoms in total. The molecule has 1 aliphatic heterocycles. The number of rotatable bonds is 6. The average Bonchev–Trinajstić information content (AvgIpc) is 3.43. The summed E-state index contributed by atoms with van der Waals surface area (Å²) < 4.78 is 2.37. The third kappa shape index (κ3) is 3.94. The van der Waals surface area contributed by atoms with Crippen molar-refractivity contribution in [1.29, 1.82) is 0 Å². The summed E-state index contributed by atoms with van der Waals surface area (Å²) in [5, 5.41) is 0. The monoisotopic (exact) mass is 393 g/mol. The van der Waals surface area contributed by atoms with E-state index in [4.69, 9.17) is 4.98 Å². The lowest BCUT2D eigenvalue weighted by atomic mass is 10.0. The van der Waals surface area contributed by atoms with Crippen molar-refractivity contribution in [3.05, 3.63) is 103 Å². The van der Waals surface area contributed by atoms with Crippen molar-refractivity contribution in [2.45, 2.75) is 32.0 Å². The molecule has 5 rings (SSSR count). The van der Waals surface area contributed by atoms with Crippen molar-refractivity contribution in [2.24, 2.45) is 0 Å². The fourth-order valence-corrected chi connectivity index (χ4v) is 4.58. The first-order valence-corrected chi connectivity index (χ1v) is 10.8. The van der Waals surface area contributed by atoms with E-state index in [0.29, 0.717) is 6.04 Å². The largest absolute Gasteiger partial charge is 0.328 e. The molecule has 3 heteroatoms. The molecule has 0 amide bonds. The van der Waals surface area contributed by atoms with Gasteiger partial charge < -0.3 is 4.57 Å². The van der Waals surface area contributed by atoms with E-state index >= 15 is 0 Å². The van der Waals surface area contributed by atoms with Crippen molar-refractivity contribution >= 4 is 0 Å². The van der Waals surface area contributed by atoms with Gasteiger partial charge in [0.2, 0.25) is 0 Å². The highest BCUT2D eigenvalue weighted by atomic mass is 15.2. The Morgan fingerprint density at radius 1 is 0.767 bits per heavy atom. The van der Waals surface area contributed by atoms with Crippen LogP contribution >= 0.6 is 0 Å². The lowest BCUT2D eigenvalue weighted by Crippen LogP contribution is -2.32. The van der Waals surface area contributed by atoms with Gasteiger partial charge in [-0.1, -0.05) is 91.0 Å². The maximum absolute atomic E-state index is 4.86. The molecular formula is C27H27N3. The molecule has 1 saturated heterocycles. The highest BCUT2D eigenvalue weighted by molar-refractivity contribution is 5.78. The fraction of sp³-hybridized carbons (Fsp3) is 0.222. The average molecular weight is 394 g/mol. The SMILES string of the molecule is c1ccc(CN2CCC[C@H]2Cn2cnc(-c3ccccc3)c2-c2ccccc2)cc1. The smallest absolute Gasteiger partial charge is 0.0963 e. The molecule has 1 aliphatic rings. The lowest BCUT2D eigenvalue weighted by Gasteiger charge is -2.25. The predicted molar refractivity (Wildman–Crippen MR) is 123 cm³/mol. The van der Waals surface area contributed by atoms with Crippen LogP contribution in [0.1, 0.15) is 18.4 Å². The van der Waals surface area contributed by atoms with Gasteiger partial charge in [0, 0.05) is 30.3 Å².